The maximum atomic E-state index is 5.62. The summed E-state index contributed by atoms with van der Waals surface area (Å²) in [5.41, 5.74) is 0. The van der Waals surface area contributed by atoms with Crippen LogP contribution >= 0.6 is 22.7 Å². The van der Waals surface area contributed by atoms with Gasteiger partial charge in [0.15, 0.2) is 5.01 Å². The molecule has 0 bridgehead atoms. The van der Waals surface area contributed by atoms with E-state index in [4.69, 9.17) is 4.74 Å². The molecule has 2 aromatic heterocycles. The van der Waals surface area contributed by atoms with Gasteiger partial charge in [0.05, 0.1) is 4.88 Å². The molecule has 0 aliphatic carbocycles. The molecule has 5 nitrogen and oxygen atoms in total. The van der Waals surface area contributed by atoms with E-state index < -0.39 is 0 Å². The highest BCUT2D eigenvalue weighted by Crippen LogP contribution is 2.36. The summed E-state index contributed by atoms with van der Waals surface area (Å²) in [5, 5.41) is 13.9. The normalized spacial score (nSPS) is 19.7. The lowest BCUT2D eigenvalue weighted by Gasteiger charge is -2.02. The number of ether oxygens (including phenoxy) is 1. The number of nitrogens with one attached hydrogen (secondary N) is 1. The van der Waals surface area contributed by atoms with Crippen molar-refractivity contribution in [3.63, 3.8) is 0 Å². The van der Waals surface area contributed by atoms with Gasteiger partial charge in [0.1, 0.15) is 11.1 Å². The Morgan fingerprint density at radius 3 is 3.06 bits per heavy atom. The second-order valence-electron chi connectivity index (χ2n) is 3.73. The van der Waals surface area contributed by atoms with Gasteiger partial charge in [-0.25, -0.2) is 4.98 Å². The fourth-order valence-corrected chi connectivity index (χ4v) is 3.46. The molecule has 0 saturated carbocycles. The van der Waals surface area contributed by atoms with Crippen molar-refractivity contribution in [1.82, 2.24) is 15.2 Å². The molecule has 3 rings (SSSR count). The van der Waals surface area contributed by atoms with Crippen LogP contribution in [0.15, 0.2) is 6.20 Å². The molecule has 1 aliphatic rings. The van der Waals surface area contributed by atoms with Crippen LogP contribution in [0.1, 0.15) is 24.0 Å². The van der Waals surface area contributed by atoms with Gasteiger partial charge in [0.2, 0.25) is 5.13 Å². The first-order chi connectivity index (χ1) is 8.36. The summed E-state index contributed by atoms with van der Waals surface area (Å²) in [5.74, 6) is 0. The monoisotopic (exact) mass is 268 g/mol. The van der Waals surface area contributed by atoms with Crippen molar-refractivity contribution < 1.29 is 4.74 Å². The highest BCUT2D eigenvalue weighted by molar-refractivity contribution is 7.23. The molecule has 1 fully saturated rings. The zero-order valence-electron chi connectivity index (χ0n) is 9.34. The van der Waals surface area contributed by atoms with Gasteiger partial charge in [0, 0.05) is 19.9 Å². The Hall–Kier alpha value is -1.05. The number of rotatable bonds is 3. The second-order valence-corrected chi connectivity index (χ2v) is 5.77. The molecule has 0 radical (unpaired) electrons. The average Bonchev–Trinajstić information content (AvgIpc) is 3.09. The van der Waals surface area contributed by atoms with Crippen molar-refractivity contribution in [3.8, 4) is 9.88 Å². The largest absolute Gasteiger partial charge is 0.371 e. The van der Waals surface area contributed by atoms with E-state index in [1.165, 1.54) is 11.3 Å². The molecule has 1 N–H and O–H groups in total. The minimum atomic E-state index is 0.186. The van der Waals surface area contributed by atoms with E-state index in [0.717, 1.165) is 39.5 Å². The van der Waals surface area contributed by atoms with E-state index in [9.17, 15) is 0 Å². The van der Waals surface area contributed by atoms with E-state index in [-0.39, 0.29) is 6.10 Å². The lowest BCUT2D eigenvalue weighted by molar-refractivity contribution is 0.111. The van der Waals surface area contributed by atoms with E-state index in [1.807, 2.05) is 13.2 Å². The topological polar surface area (TPSA) is 59.9 Å². The fourth-order valence-electron chi connectivity index (χ4n) is 1.73. The van der Waals surface area contributed by atoms with Crippen molar-refractivity contribution in [2.75, 3.05) is 19.0 Å². The Morgan fingerprint density at radius 2 is 2.35 bits per heavy atom. The first-order valence-electron chi connectivity index (χ1n) is 5.46. The SMILES string of the molecule is CNc1nnc(-c2cnc(C3CCCO3)s2)s1. The summed E-state index contributed by atoms with van der Waals surface area (Å²) >= 11 is 3.19. The van der Waals surface area contributed by atoms with Crippen molar-refractivity contribution in [2.45, 2.75) is 18.9 Å². The standard InChI is InChI=1S/C10H12N4OS2/c1-11-10-14-13-9(17-10)7-5-12-8(16-7)6-3-2-4-15-6/h5-6H,2-4H2,1H3,(H,11,14). The Kier molecular flexibility index (Phi) is 3.04. The van der Waals surface area contributed by atoms with Gasteiger partial charge in [-0.1, -0.05) is 11.3 Å². The highest BCUT2D eigenvalue weighted by Gasteiger charge is 2.21. The predicted molar refractivity (Wildman–Crippen MR) is 68.5 cm³/mol. The molecule has 0 spiro atoms. The van der Waals surface area contributed by atoms with Gasteiger partial charge >= 0.3 is 0 Å². The van der Waals surface area contributed by atoms with E-state index >= 15 is 0 Å². The van der Waals surface area contributed by atoms with Gasteiger partial charge in [-0.2, -0.15) is 0 Å². The van der Waals surface area contributed by atoms with Gasteiger partial charge in [0.25, 0.3) is 0 Å². The highest BCUT2D eigenvalue weighted by atomic mass is 32.1. The first-order valence-corrected chi connectivity index (χ1v) is 7.09. The smallest absolute Gasteiger partial charge is 0.205 e. The van der Waals surface area contributed by atoms with Crippen molar-refractivity contribution >= 4 is 27.8 Å². The number of anilines is 1. The van der Waals surface area contributed by atoms with Gasteiger partial charge in [-0.15, -0.1) is 21.5 Å². The van der Waals surface area contributed by atoms with Gasteiger partial charge in [-0.3, -0.25) is 0 Å². The molecule has 1 saturated heterocycles. The van der Waals surface area contributed by atoms with Crippen molar-refractivity contribution in [3.05, 3.63) is 11.2 Å². The molecule has 90 valence electrons. The summed E-state index contributed by atoms with van der Waals surface area (Å²) in [6.45, 7) is 0.849. The number of aromatic nitrogens is 3. The molecule has 1 unspecified atom stereocenters. The molecule has 0 aromatic carbocycles. The summed E-state index contributed by atoms with van der Waals surface area (Å²) in [4.78, 5) is 5.49. The van der Waals surface area contributed by atoms with E-state index in [1.54, 1.807) is 11.3 Å². The van der Waals surface area contributed by atoms with Crippen LogP contribution < -0.4 is 5.32 Å². The summed E-state index contributed by atoms with van der Waals surface area (Å²) in [7, 11) is 1.84. The Labute approximate surface area is 107 Å². The molecule has 0 amide bonds. The first kappa shape index (κ1) is 11.1. The summed E-state index contributed by atoms with van der Waals surface area (Å²) < 4.78 is 5.62. The van der Waals surface area contributed by atoms with Crippen LogP contribution in [-0.4, -0.2) is 28.8 Å². The van der Waals surface area contributed by atoms with Gasteiger partial charge in [-0.05, 0) is 12.8 Å². The Morgan fingerprint density at radius 1 is 1.41 bits per heavy atom. The predicted octanol–water partition coefficient (Wildman–Crippen LogP) is 2.55. The van der Waals surface area contributed by atoms with Crippen LogP contribution in [0.3, 0.4) is 0 Å². The molecule has 17 heavy (non-hydrogen) atoms. The lowest BCUT2D eigenvalue weighted by Crippen LogP contribution is -1.93. The number of hydrogen-bond donors (Lipinski definition) is 1. The number of nitrogens with zero attached hydrogens (tertiary/aromatic N) is 3. The third kappa shape index (κ3) is 2.18. The summed E-state index contributed by atoms with van der Waals surface area (Å²) in [6.07, 6.45) is 4.25. The summed E-state index contributed by atoms with van der Waals surface area (Å²) in [6, 6.07) is 0. The fraction of sp³-hybridized carbons (Fsp3) is 0.500. The number of hydrogen-bond acceptors (Lipinski definition) is 7. The minimum Gasteiger partial charge on any atom is -0.371 e. The van der Waals surface area contributed by atoms with Crippen LogP contribution in [0.4, 0.5) is 5.13 Å². The maximum Gasteiger partial charge on any atom is 0.205 e. The third-order valence-electron chi connectivity index (χ3n) is 2.58. The average molecular weight is 268 g/mol. The quantitative estimate of drug-likeness (QED) is 0.927. The van der Waals surface area contributed by atoms with Gasteiger partial charge < -0.3 is 10.1 Å². The maximum absolute atomic E-state index is 5.62. The Bertz CT molecular complexity index is 504. The third-order valence-corrected chi connectivity index (χ3v) is 4.78. The van der Waals surface area contributed by atoms with Crippen LogP contribution in [0.25, 0.3) is 9.88 Å². The lowest BCUT2D eigenvalue weighted by atomic mass is 10.2. The van der Waals surface area contributed by atoms with Crippen LogP contribution in [-0.2, 0) is 4.74 Å². The number of thiazole rings is 1. The minimum absolute atomic E-state index is 0.186. The zero-order valence-corrected chi connectivity index (χ0v) is 11.0. The molecule has 7 heteroatoms. The van der Waals surface area contributed by atoms with Crippen LogP contribution in [0.2, 0.25) is 0 Å². The molecule has 2 aromatic rings. The van der Waals surface area contributed by atoms with Crippen LogP contribution in [0.5, 0.6) is 0 Å². The second kappa shape index (κ2) is 4.67. The van der Waals surface area contributed by atoms with E-state index in [2.05, 4.69) is 20.5 Å². The van der Waals surface area contributed by atoms with Crippen molar-refractivity contribution in [1.29, 1.82) is 0 Å². The molecule has 1 aliphatic heterocycles. The van der Waals surface area contributed by atoms with Crippen molar-refractivity contribution in [2.24, 2.45) is 0 Å². The molecular weight excluding hydrogens is 256 g/mol. The molecule has 3 heterocycles. The molecule has 1 atom stereocenters. The molecular formula is C10H12N4OS2. The zero-order chi connectivity index (χ0) is 11.7. The Balaban J connectivity index is 1.83. The van der Waals surface area contributed by atoms with Crippen LogP contribution in [0, 0.1) is 0 Å². The van der Waals surface area contributed by atoms with E-state index in [0.29, 0.717) is 0 Å².